The molecule has 0 radical (unpaired) electrons. The lowest BCUT2D eigenvalue weighted by Gasteiger charge is -2.27. The molecule has 32 heavy (non-hydrogen) atoms. The van der Waals surface area contributed by atoms with E-state index in [9.17, 15) is 14.9 Å². The molecule has 0 spiro atoms. The van der Waals surface area contributed by atoms with Crippen molar-refractivity contribution in [3.63, 3.8) is 0 Å². The number of fused-ring (bicyclic) bond motifs is 1. The van der Waals surface area contributed by atoms with Gasteiger partial charge in [0.05, 0.1) is 29.3 Å². The van der Waals surface area contributed by atoms with Crippen molar-refractivity contribution >= 4 is 34.5 Å². The molecular formula is C22H18N6O3S. The Morgan fingerprint density at radius 2 is 1.94 bits per heavy atom. The molecule has 4 aromatic rings. The number of carbonyl (C=O) groups is 1. The zero-order chi connectivity index (χ0) is 22.1. The summed E-state index contributed by atoms with van der Waals surface area (Å²) in [5.41, 5.74) is 0.841. The summed E-state index contributed by atoms with van der Waals surface area (Å²) in [6.07, 6.45) is 0. The number of pyridine rings is 1. The number of nitrogens with zero attached hydrogens (tertiary/aromatic N) is 5. The molecule has 1 aliphatic rings. The van der Waals surface area contributed by atoms with E-state index in [0.717, 1.165) is 5.69 Å². The molecule has 0 bridgehead atoms. The van der Waals surface area contributed by atoms with E-state index in [1.54, 1.807) is 22.1 Å². The van der Waals surface area contributed by atoms with E-state index in [1.165, 1.54) is 21.9 Å². The smallest absolute Gasteiger partial charge is 0.296 e. The minimum Gasteiger partial charge on any atom is -0.378 e. The summed E-state index contributed by atoms with van der Waals surface area (Å²) in [5.74, 6) is 0.131. The van der Waals surface area contributed by atoms with E-state index in [4.69, 9.17) is 4.74 Å². The molecule has 5 rings (SSSR count). The number of para-hydroxylation sites is 1. The summed E-state index contributed by atoms with van der Waals surface area (Å²) in [7, 11) is 0. The highest BCUT2D eigenvalue weighted by Gasteiger charge is 2.25. The van der Waals surface area contributed by atoms with Crippen LogP contribution in [0.15, 0.2) is 58.7 Å². The summed E-state index contributed by atoms with van der Waals surface area (Å²) < 4.78 is 8.46. The van der Waals surface area contributed by atoms with E-state index in [1.807, 2.05) is 35.2 Å². The molecule has 160 valence electrons. The minimum absolute atomic E-state index is 0.00342. The lowest BCUT2D eigenvalue weighted by molar-refractivity contribution is 0.103. The number of hydrogen-bond acceptors (Lipinski definition) is 7. The Bertz CT molecular complexity index is 1380. The number of thiophene rings is 1. The Labute approximate surface area is 186 Å². The lowest BCUT2D eigenvalue weighted by atomic mass is 10.2. The largest absolute Gasteiger partial charge is 0.378 e. The Morgan fingerprint density at radius 1 is 1.16 bits per heavy atom. The van der Waals surface area contributed by atoms with E-state index in [2.05, 4.69) is 16.5 Å². The second-order valence-electron chi connectivity index (χ2n) is 7.13. The van der Waals surface area contributed by atoms with Gasteiger partial charge in [-0.2, -0.15) is 9.78 Å². The normalized spacial score (nSPS) is 13.8. The molecular weight excluding hydrogens is 428 g/mol. The van der Waals surface area contributed by atoms with Crippen molar-refractivity contribution in [2.45, 2.75) is 0 Å². The Morgan fingerprint density at radius 3 is 2.62 bits per heavy atom. The SMILES string of the molecule is N#Cc1cc(NC(=O)c2cccs2)c(=O)n2nc(N3CCOCC3)n(-c3ccccc3)c12. The third kappa shape index (κ3) is 3.43. The van der Waals surface area contributed by atoms with Gasteiger partial charge in [0.25, 0.3) is 11.5 Å². The molecule has 1 aliphatic heterocycles. The maximum Gasteiger partial charge on any atom is 0.296 e. The van der Waals surface area contributed by atoms with Crippen LogP contribution < -0.4 is 15.8 Å². The number of hydrogen-bond donors (Lipinski definition) is 1. The number of rotatable bonds is 4. The number of benzene rings is 1. The fraction of sp³-hybridized carbons (Fsp3) is 0.182. The van der Waals surface area contributed by atoms with Crippen LogP contribution in [0.5, 0.6) is 0 Å². The highest BCUT2D eigenvalue weighted by molar-refractivity contribution is 7.12. The summed E-state index contributed by atoms with van der Waals surface area (Å²) in [5, 5.41) is 18.9. The second-order valence-corrected chi connectivity index (χ2v) is 8.07. The highest BCUT2D eigenvalue weighted by Crippen LogP contribution is 2.26. The van der Waals surface area contributed by atoms with E-state index in [-0.39, 0.29) is 11.3 Å². The van der Waals surface area contributed by atoms with Crippen LogP contribution in [-0.4, -0.2) is 46.4 Å². The summed E-state index contributed by atoms with van der Waals surface area (Å²) in [6.45, 7) is 2.30. The van der Waals surface area contributed by atoms with Crippen LogP contribution in [0, 0.1) is 11.3 Å². The fourth-order valence-electron chi connectivity index (χ4n) is 3.68. The van der Waals surface area contributed by atoms with Crippen molar-refractivity contribution in [2.75, 3.05) is 36.5 Å². The molecule has 9 nitrogen and oxygen atoms in total. The minimum atomic E-state index is -0.506. The standard InChI is InChI=1S/C22H18N6O3S/c23-14-15-13-17(24-19(29)18-7-4-12-32-18)21(30)28-20(15)27(16-5-2-1-3-6-16)22(25-28)26-8-10-31-11-9-26/h1-7,12-13H,8-11H2,(H,24,29). The van der Waals surface area contributed by atoms with Crippen LogP contribution in [-0.2, 0) is 4.74 Å². The molecule has 0 saturated carbocycles. The van der Waals surface area contributed by atoms with Crippen LogP contribution in [0.25, 0.3) is 11.3 Å². The Hall–Kier alpha value is -3.94. The van der Waals surface area contributed by atoms with Crippen molar-refractivity contribution in [3.05, 3.63) is 74.7 Å². The van der Waals surface area contributed by atoms with E-state index >= 15 is 0 Å². The number of anilines is 2. The van der Waals surface area contributed by atoms with Crippen LogP contribution in [0.2, 0.25) is 0 Å². The van der Waals surface area contributed by atoms with Gasteiger partial charge in [-0.1, -0.05) is 24.3 Å². The molecule has 0 atom stereocenters. The van der Waals surface area contributed by atoms with Crippen LogP contribution in [0.4, 0.5) is 11.6 Å². The van der Waals surface area contributed by atoms with Crippen molar-refractivity contribution in [2.24, 2.45) is 0 Å². The quantitative estimate of drug-likeness (QED) is 0.517. The molecule has 1 fully saturated rings. The average Bonchev–Trinajstić information content (AvgIpc) is 3.51. The molecule has 1 N–H and O–H groups in total. The number of amides is 1. The number of carbonyl (C=O) groups excluding carboxylic acids is 1. The predicted octanol–water partition coefficient (Wildman–Crippen LogP) is 2.51. The Balaban J connectivity index is 1.72. The summed E-state index contributed by atoms with van der Waals surface area (Å²) >= 11 is 1.27. The summed E-state index contributed by atoms with van der Waals surface area (Å²) in [6, 6.07) is 16.4. The van der Waals surface area contributed by atoms with Crippen LogP contribution in [0.3, 0.4) is 0 Å². The molecule has 0 aliphatic carbocycles. The fourth-order valence-corrected chi connectivity index (χ4v) is 4.30. The van der Waals surface area contributed by atoms with Crippen molar-refractivity contribution in [3.8, 4) is 11.8 Å². The molecule has 0 unspecified atom stereocenters. The van der Waals surface area contributed by atoms with Gasteiger partial charge < -0.3 is 15.0 Å². The number of morpholine rings is 1. The number of ether oxygens (including phenoxy) is 1. The van der Waals surface area contributed by atoms with Gasteiger partial charge in [-0.15, -0.1) is 16.4 Å². The van der Waals surface area contributed by atoms with Crippen molar-refractivity contribution < 1.29 is 9.53 Å². The molecule has 1 amide bonds. The zero-order valence-electron chi connectivity index (χ0n) is 16.9. The van der Waals surface area contributed by atoms with Gasteiger partial charge in [0, 0.05) is 13.1 Å². The number of aromatic nitrogens is 3. The number of nitriles is 1. The van der Waals surface area contributed by atoms with Crippen LogP contribution >= 0.6 is 11.3 Å². The topological polar surface area (TPSA) is 105 Å². The molecule has 1 saturated heterocycles. The zero-order valence-corrected chi connectivity index (χ0v) is 17.7. The average molecular weight is 446 g/mol. The molecule has 1 aromatic carbocycles. The highest BCUT2D eigenvalue weighted by atomic mass is 32.1. The Kier molecular flexibility index (Phi) is 5.18. The first-order chi connectivity index (χ1) is 15.7. The third-order valence-corrected chi connectivity index (χ3v) is 6.04. The van der Waals surface area contributed by atoms with E-state index in [0.29, 0.717) is 42.8 Å². The number of nitrogens with one attached hydrogen (secondary N) is 1. The maximum atomic E-state index is 13.3. The maximum absolute atomic E-state index is 13.3. The molecule has 3 aromatic heterocycles. The first-order valence-corrected chi connectivity index (χ1v) is 10.9. The monoisotopic (exact) mass is 446 g/mol. The van der Waals surface area contributed by atoms with Crippen molar-refractivity contribution in [1.29, 1.82) is 5.26 Å². The van der Waals surface area contributed by atoms with Gasteiger partial charge in [0.2, 0.25) is 5.95 Å². The van der Waals surface area contributed by atoms with Gasteiger partial charge >= 0.3 is 0 Å². The molecule has 10 heteroatoms. The summed E-state index contributed by atoms with van der Waals surface area (Å²) in [4.78, 5) is 28.3. The van der Waals surface area contributed by atoms with Crippen molar-refractivity contribution in [1.82, 2.24) is 14.2 Å². The predicted molar refractivity (Wildman–Crippen MR) is 121 cm³/mol. The second kappa shape index (κ2) is 8.30. The first-order valence-electron chi connectivity index (χ1n) is 9.99. The van der Waals surface area contributed by atoms with Gasteiger partial charge in [-0.3, -0.25) is 14.2 Å². The van der Waals surface area contributed by atoms with Crippen LogP contribution in [0.1, 0.15) is 15.2 Å². The molecule has 4 heterocycles. The van der Waals surface area contributed by atoms with Gasteiger partial charge in [-0.25, -0.2) is 0 Å². The first kappa shape index (κ1) is 20.0. The van der Waals surface area contributed by atoms with E-state index < -0.39 is 11.5 Å². The van der Waals surface area contributed by atoms with Gasteiger partial charge in [0.1, 0.15) is 11.8 Å². The lowest BCUT2D eigenvalue weighted by Crippen LogP contribution is -2.38. The van der Waals surface area contributed by atoms with Gasteiger partial charge in [-0.05, 0) is 29.6 Å². The third-order valence-electron chi connectivity index (χ3n) is 5.18. The van der Waals surface area contributed by atoms with Gasteiger partial charge in [0.15, 0.2) is 5.65 Å².